The van der Waals surface area contributed by atoms with E-state index in [0.717, 1.165) is 48.3 Å². The van der Waals surface area contributed by atoms with Crippen LogP contribution in [0.25, 0.3) is 16.6 Å². The molecule has 5 rings (SSSR count). The first-order valence-electron chi connectivity index (χ1n) is 10.4. The number of ether oxygens (including phenoxy) is 1. The summed E-state index contributed by atoms with van der Waals surface area (Å²) in [5, 5.41) is 6.68. The quantitative estimate of drug-likeness (QED) is 0.645. The predicted octanol–water partition coefficient (Wildman–Crippen LogP) is 3.15. The number of carbonyl (C=O) groups is 1. The van der Waals surface area contributed by atoms with E-state index in [1.165, 1.54) is 0 Å². The normalized spacial score (nSPS) is 18.2. The number of hydrogen-bond acceptors (Lipinski definition) is 5. The Bertz CT molecular complexity index is 1040. The van der Waals surface area contributed by atoms with Gasteiger partial charge in [-0.1, -0.05) is 11.6 Å². The molecule has 4 heterocycles. The summed E-state index contributed by atoms with van der Waals surface area (Å²) in [6, 6.07) is 9.65. The van der Waals surface area contributed by atoms with Crippen LogP contribution in [0.1, 0.15) is 12.8 Å². The summed E-state index contributed by atoms with van der Waals surface area (Å²) in [5.41, 5.74) is 1.90. The fourth-order valence-electron chi connectivity index (χ4n) is 4.34. The van der Waals surface area contributed by atoms with Crippen LogP contribution in [0.5, 0.6) is 0 Å². The van der Waals surface area contributed by atoms with Crippen molar-refractivity contribution >= 4 is 34.2 Å². The molecule has 0 atom stereocenters. The van der Waals surface area contributed by atoms with Crippen molar-refractivity contribution in [2.24, 2.45) is 5.92 Å². The van der Waals surface area contributed by atoms with Crippen molar-refractivity contribution in [1.82, 2.24) is 19.7 Å². The zero-order valence-corrected chi connectivity index (χ0v) is 17.5. The minimum absolute atomic E-state index is 0.0885. The van der Waals surface area contributed by atoms with E-state index in [9.17, 15) is 4.79 Å². The molecular formula is C22H24ClN5O2. The first-order valence-corrected chi connectivity index (χ1v) is 10.8. The van der Waals surface area contributed by atoms with E-state index in [2.05, 4.69) is 9.88 Å². The highest BCUT2D eigenvalue weighted by Crippen LogP contribution is 2.31. The number of rotatable bonds is 3. The summed E-state index contributed by atoms with van der Waals surface area (Å²) < 4.78 is 7.29. The van der Waals surface area contributed by atoms with Gasteiger partial charge in [-0.05, 0) is 43.2 Å². The Morgan fingerprint density at radius 2 is 1.77 bits per heavy atom. The van der Waals surface area contributed by atoms with Crippen LogP contribution in [-0.4, -0.2) is 65.0 Å². The molecular weight excluding hydrogens is 402 g/mol. The second-order valence-electron chi connectivity index (χ2n) is 7.80. The highest BCUT2D eigenvalue weighted by atomic mass is 35.5. The third-order valence-corrected chi connectivity index (χ3v) is 6.25. The highest BCUT2D eigenvalue weighted by Gasteiger charge is 2.31. The van der Waals surface area contributed by atoms with Crippen LogP contribution in [0.4, 0.5) is 5.82 Å². The van der Waals surface area contributed by atoms with E-state index in [4.69, 9.17) is 21.4 Å². The lowest BCUT2D eigenvalue weighted by Crippen LogP contribution is -2.46. The van der Waals surface area contributed by atoms with Gasteiger partial charge < -0.3 is 14.5 Å². The summed E-state index contributed by atoms with van der Waals surface area (Å²) in [5.74, 6) is 1.31. The molecule has 0 radical (unpaired) electrons. The number of fused-ring (bicyclic) bond motifs is 1. The van der Waals surface area contributed by atoms with Crippen LogP contribution in [0, 0.1) is 5.92 Å². The number of piperidine rings is 1. The van der Waals surface area contributed by atoms with Crippen LogP contribution >= 0.6 is 11.6 Å². The molecule has 1 amide bonds. The van der Waals surface area contributed by atoms with Crippen LogP contribution in [0.15, 0.2) is 42.7 Å². The van der Waals surface area contributed by atoms with Gasteiger partial charge in [0.2, 0.25) is 5.91 Å². The standard InChI is InChI=1S/C22H24ClN5O2/c23-17-1-3-18(4-2-17)28-20-15-24-8-5-19(20)21(25-28)26-9-6-16(7-10-26)22(29)27-11-13-30-14-12-27/h1-5,8,15-16H,6-7,9-14H2. The lowest BCUT2D eigenvalue weighted by atomic mass is 9.95. The topological polar surface area (TPSA) is 63.5 Å². The first kappa shape index (κ1) is 19.3. The number of anilines is 1. The first-order chi connectivity index (χ1) is 14.7. The van der Waals surface area contributed by atoms with Crippen LogP contribution < -0.4 is 4.90 Å². The van der Waals surface area contributed by atoms with Gasteiger partial charge in [-0.3, -0.25) is 9.78 Å². The number of hydrogen-bond donors (Lipinski definition) is 0. The lowest BCUT2D eigenvalue weighted by molar-refractivity contribution is -0.140. The molecule has 1 aromatic carbocycles. The van der Waals surface area contributed by atoms with E-state index >= 15 is 0 Å². The second-order valence-corrected chi connectivity index (χ2v) is 8.24. The zero-order chi connectivity index (χ0) is 20.5. The van der Waals surface area contributed by atoms with Crippen molar-refractivity contribution in [3.8, 4) is 5.69 Å². The van der Waals surface area contributed by atoms with Crippen molar-refractivity contribution < 1.29 is 9.53 Å². The maximum atomic E-state index is 12.8. The number of amides is 1. The smallest absolute Gasteiger partial charge is 0.225 e. The van der Waals surface area contributed by atoms with Gasteiger partial charge in [-0.25, -0.2) is 4.68 Å². The van der Waals surface area contributed by atoms with Crippen molar-refractivity contribution in [3.05, 3.63) is 47.7 Å². The molecule has 2 fully saturated rings. The second kappa shape index (κ2) is 8.24. The molecule has 0 aliphatic carbocycles. The molecule has 7 nitrogen and oxygen atoms in total. The SMILES string of the molecule is O=C(C1CCN(c2nn(-c3ccc(Cl)cc3)c3cnccc23)CC1)N1CCOCC1. The van der Waals surface area contributed by atoms with Crippen LogP contribution in [0.3, 0.4) is 0 Å². The summed E-state index contributed by atoms with van der Waals surface area (Å²) in [4.78, 5) is 21.4. The molecule has 0 saturated carbocycles. The Hall–Kier alpha value is -2.64. The molecule has 156 valence electrons. The Labute approximate surface area is 180 Å². The Balaban J connectivity index is 1.37. The largest absolute Gasteiger partial charge is 0.378 e. The van der Waals surface area contributed by atoms with Crippen LogP contribution in [0.2, 0.25) is 5.02 Å². The molecule has 0 N–H and O–H groups in total. The van der Waals surface area contributed by atoms with Gasteiger partial charge in [-0.2, -0.15) is 0 Å². The molecule has 30 heavy (non-hydrogen) atoms. The minimum atomic E-state index is 0.0885. The van der Waals surface area contributed by atoms with Gasteiger partial charge in [-0.15, -0.1) is 5.10 Å². The maximum Gasteiger partial charge on any atom is 0.225 e. The summed E-state index contributed by atoms with van der Waals surface area (Å²) in [6.45, 7) is 4.34. The fraction of sp³-hybridized carbons (Fsp3) is 0.409. The average molecular weight is 426 g/mol. The third-order valence-electron chi connectivity index (χ3n) is 6.00. The summed E-state index contributed by atoms with van der Waals surface area (Å²) in [7, 11) is 0. The molecule has 2 saturated heterocycles. The van der Waals surface area contributed by atoms with Gasteiger partial charge >= 0.3 is 0 Å². The summed E-state index contributed by atoms with van der Waals surface area (Å²) >= 11 is 6.05. The number of aromatic nitrogens is 3. The Morgan fingerprint density at radius 3 is 2.50 bits per heavy atom. The predicted molar refractivity (Wildman–Crippen MR) is 116 cm³/mol. The third kappa shape index (κ3) is 3.63. The van der Waals surface area contributed by atoms with Crippen molar-refractivity contribution in [3.63, 3.8) is 0 Å². The number of halogens is 1. The molecule has 2 aliphatic heterocycles. The Kier molecular flexibility index (Phi) is 5.31. The molecule has 0 unspecified atom stereocenters. The van der Waals surface area contributed by atoms with E-state index in [1.807, 2.05) is 46.1 Å². The number of pyridine rings is 1. The molecule has 8 heteroatoms. The van der Waals surface area contributed by atoms with Gasteiger partial charge in [0.05, 0.1) is 30.6 Å². The van der Waals surface area contributed by atoms with Gasteiger partial charge in [0, 0.05) is 48.7 Å². The fourth-order valence-corrected chi connectivity index (χ4v) is 4.47. The van der Waals surface area contributed by atoms with Crippen molar-refractivity contribution in [1.29, 1.82) is 0 Å². The van der Waals surface area contributed by atoms with Gasteiger partial charge in [0.25, 0.3) is 0 Å². The molecule has 2 aromatic heterocycles. The van der Waals surface area contributed by atoms with Crippen LogP contribution in [-0.2, 0) is 9.53 Å². The maximum absolute atomic E-state index is 12.8. The van der Waals surface area contributed by atoms with Crippen molar-refractivity contribution in [2.75, 3.05) is 44.3 Å². The monoisotopic (exact) mass is 425 g/mol. The molecule has 3 aromatic rings. The molecule has 0 bridgehead atoms. The van der Waals surface area contributed by atoms with Gasteiger partial charge in [0.1, 0.15) is 0 Å². The van der Waals surface area contributed by atoms with E-state index in [-0.39, 0.29) is 11.8 Å². The summed E-state index contributed by atoms with van der Waals surface area (Å²) in [6.07, 6.45) is 5.33. The lowest BCUT2D eigenvalue weighted by Gasteiger charge is -2.35. The number of carbonyl (C=O) groups excluding carboxylic acids is 1. The molecule has 0 spiro atoms. The van der Waals surface area contributed by atoms with E-state index in [0.29, 0.717) is 31.3 Å². The zero-order valence-electron chi connectivity index (χ0n) is 16.7. The number of benzene rings is 1. The highest BCUT2D eigenvalue weighted by molar-refractivity contribution is 6.30. The van der Waals surface area contributed by atoms with Crippen molar-refractivity contribution in [2.45, 2.75) is 12.8 Å². The number of morpholine rings is 1. The minimum Gasteiger partial charge on any atom is -0.378 e. The number of nitrogens with zero attached hydrogens (tertiary/aromatic N) is 5. The van der Waals surface area contributed by atoms with Gasteiger partial charge in [0.15, 0.2) is 5.82 Å². The average Bonchev–Trinajstić information content (AvgIpc) is 3.20. The van der Waals surface area contributed by atoms with E-state index in [1.54, 1.807) is 6.20 Å². The molecule has 2 aliphatic rings. The Morgan fingerprint density at radius 1 is 1.03 bits per heavy atom. The van der Waals surface area contributed by atoms with E-state index < -0.39 is 0 Å².